The largest absolute Gasteiger partial charge is 0.358 e. The Kier molecular flexibility index (Phi) is 5.74. The summed E-state index contributed by atoms with van der Waals surface area (Å²) in [7, 11) is 0. The lowest BCUT2D eigenvalue weighted by molar-refractivity contribution is -0.115. The third-order valence-electron chi connectivity index (χ3n) is 3.69. The van der Waals surface area contributed by atoms with E-state index in [-0.39, 0.29) is 12.5 Å². The molecule has 1 heterocycles. The molecule has 3 aromatic rings. The number of nitrogens with zero attached hydrogens (tertiary/aromatic N) is 3. The van der Waals surface area contributed by atoms with Crippen LogP contribution >= 0.6 is 11.3 Å². The predicted octanol–water partition coefficient (Wildman–Crippen LogP) is 3.75. The third-order valence-corrected chi connectivity index (χ3v) is 4.67. The number of carbonyl (C=O) groups is 1. The van der Waals surface area contributed by atoms with Gasteiger partial charge in [-0.2, -0.15) is 0 Å². The maximum atomic E-state index is 12.5. The summed E-state index contributed by atoms with van der Waals surface area (Å²) < 4.78 is 0. The highest BCUT2D eigenvalue weighted by atomic mass is 32.1. The summed E-state index contributed by atoms with van der Waals surface area (Å²) in [5.74, 6) is -0.0985. The van der Waals surface area contributed by atoms with E-state index in [0.717, 1.165) is 22.7 Å². The van der Waals surface area contributed by atoms with Crippen molar-refractivity contribution < 1.29 is 4.79 Å². The standard InChI is InChI=1S/C19H20N4OS/c1-2-18-21-22-19(25-18)20-17(24)14-23(16-11-7-4-8-12-16)13-15-9-5-3-6-10-15/h3-12H,2,13-14H2,1H3,(H,20,22,24). The van der Waals surface area contributed by atoms with Crippen molar-refractivity contribution in [3.63, 3.8) is 0 Å². The highest BCUT2D eigenvalue weighted by molar-refractivity contribution is 7.15. The van der Waals surface area contributed by atoms with Crippen LogP contribution in [-0.2, 0) is 17.8 Å². The van der Waals surface area contributed by atoms with E-state index in [1.165, 1.54) is 11.3 Å². The van der Waals surface area contributed by atoms with Crippen molar-refractivity contribution in [2.75, 3.05) is 16.8 Å². The summed E-state index contributed by atoms with van der Waals surface area (Å²) in [5.41, 5.74) is 2.16. The topological polar surface area (TPSA) is 58.1 Å². The van der Waals surface area contributed by atoms with Gasteiger partial charge in [0.1, 0.15) is 5.01 Å². The number of carbonyl (C=O) groups excluding carboxylic acids is 1. The Balaban J connectivity index is 1.71. The molecule has 1 N–H and O–H groups in total. The first-order chi connectivity index (χ1) is 12.2. The molecule has 25 heavy (non-hydrogen) atoms. The van der Waals surface area contributed by atoms with Crippen molar-refractivity contribution >= 4 is 28.1 Å². The Morgan fingerprint density at radius 3 is 2.36 bits per heavy atom. The van der Waals surface area contributed by atoms with Crippen molar-refractivity contribution in [3.05, 3.63) is 71.2 Å². The van der Waals surface area contributed by atoms with Gasteiger partial charge in [-0.05, 0) is 24.1 Å². The Morgan fingerprint density at radius 1 is 1.04 bits per heavy atom. The molecule has 1 aromatic heterocycles. The van der Waals surface area contributed by atoms with Gasteiger partial charge in [-0.25, -0.2) is 0 Å². The van der Waals surface area contributed by atoms with Crippen molar-refractivity contribution in [1.82, 2.24) is 10.2 Å². The predicted molar refractivity (Wildman–Crippen MR) is 102 cm³/mol. The van der Waals surface area contributed by atoms with E-state index in [0.29, 0.717) is 11.7 Å². The van der Waals surface area contributed by atoms with E-state index >= 15 is 0 Å². The average molecular weight is 352 g/mol. The molecule has 0 unspecified atom stereocenters. The summed E-state index contributed by atoms with van der Waals surface area (Å²) in [4.78, 5) is 14.5. The minimum atomic E-state index is -0.0985. The van der Waals surface area contributed by atoms with Gasteiger partial charge in [-0.3, -0.25) is 10.1 Å². The average Bonchev–Trinajstić information content (AvgIpc) is 3.10. The minimum Gasteiger partial charge on any atom is -0.358 e. The molecule has 6 heteroatoms. The highest BCUT2D eigenvalue weighted by Gasteiger charge is 2.14. The fraction of sp³-hybridized carbons (Fsp3) is 0.211. The number of amides is 1. The molecule has 0 atom stereocenters. The lowest BCUT2D eigenvalue weighted by Crippen LogP contribution is -2.32. The molecule has 0 aliphatic heterocycles. The number of hydrogen-bond acceptors (Lipinski definition) is 5. The van der Waals surface area contributed by atoms with E-state index < -0.39 is 0 Å². The van der Waals surface area contributed by atoms with E-state index in [1.54, 1.807) is 0 Å². The molecule has 0 bridgehead atoms. The van der Waals surface area contributed by atoms with Crippen molar-refractivity contribution in [3.8, 4) is 0 Å². The van der Waals surface area contributed by atoms with Crippen LogP contribution in [-0.4, -0.2) is 22.6 Å². The molecule has 0 saturated carbocycles. The number of rotatable bonds is 7. The summed E-state index contributed by atoms with van der Waals surface area (Å²) in [6, 6.07) is 20.1. The van der Waals surface area contributed by atoms with Crippen LogP contribution in [0.4, 0.5) is 10.8 Å². The molecule has 5 nitrogen and oxygen atoms in total. The van der Waals surface area contributed by atoms with Crippen LogP contribution in [0.5, 0.6) is 0 Å². The number of benzene rings is 2. The van der Waals surface area contributed by atoms with Crippen molar-refractivity contribution in [2.45, 2.75) is 19.9 Å². The molecule has 128 valence electrons. The second-order valence-corrected chi connectivity index (χ2v) is 6.64. The summed E-state index contributed by atoms with van der Waals surface area (Å²) >= 11 is 1.42. The van der Waals surface area contributed by atoms with E-state index in [9.17, 15) is 4.79 Å². The summed E-state index contributed by atoms with van der Waals surface area (Å²) in [5, 5.41) is 12.4. The van der Waals surface area contributed by atoms with Gasteiger partial charge in [-0.15, -0.1) is 10.2 Å². The molecule has 0 radical (unpaired) electrons. The van der Waals surface area contributed by atoms with Gasteiger partial charge < -0.3 is 4.90 Å². The van der Waals surface area contributed by atoms with Gasteiger partial charge in [0.25, 0.3) is 0 Å². The van der Waals surface area contributed by atoms with Gasteiger partial charge in [-0.1, -0.05) is 66.8 Å². The van der Waals surface area contributed by atoms with E-state index in [2.05, 4.69) is 27.6 Å². The third kappa shape index (κ3) is 4.87. The van der Waals surface area contributed by atoms with Crippen LogP contribution in [0.25, 0.3) is 0 Å². The first kappa shape index (κ1) is 17.1. The Labute approximate surface area is 151 Å². The van der Waals surface area contributed by atoms with Gasteiger partial charge in [0.2, 0.25) is 11.0 Å². The number of aromatic nitrogens is 2. The Hall–Kier alpha value is -2.73. The zero-order valence-corrected chi connectivity index (χ0v) is 14.9. The van der Waals surface area contributed by atoms with Gasteiger partial charge in [0.05, 0.1) is 6.54 Å². The lowest BCUT2D eigenvalue weighted by Gasteiger charge is -2.24. The fourth-order valence-corrected chi connectivity index (χ4v) is 3.16. The molecule has 0 aliphatic rings. The molecule has 2 aromatic carbocycles. The number of hydrogen-bond donors (Lipinski definition) is 1. The number of para-hydroxylation sites is 1. The van der Waals surface area contributed by atoms with Gasteiger partial charge in [0.15, 0.2) is 0 Å². The normalized spacial score (nSPS) is 10.4. The zero-order valence-electron chi connectivity index (χ0n) is 14.1. The van der Waals surface area contributed by atoms with Crippen LogP contribution in [0, 0.1) is 0 Å². The van der Waals surface area contributed by atoms with Crippen LogP contribution < -0.4 is 10.2 Å². The number of nitrogens with one attached hydrogen (secondary N) is 1. The molecule has 1 amide bonds. The highest BCUT2D eigenvalue weighted by Crippen LogP contribution is 2.18. The number of anilines is 2. The molecule has 0 saturated heterocycles. The maximum Gasteiger partial charge on any atom is 0.245 e. The second kappa shape index (κ2) is 8.39. The van der Waals surface area contributed by atoms with Crippen LogP contribution in [0.15, 0.2) is 60.7 Å². The van der Waals surface area contributed by atoms with Crippen LogP contribution in [0.2, 0.25) is 0 Å². The van der Waals surface area contributed by atoms with E-state index in [4.69, 9.17) is 0 Å². The summed E-state index contributed by atoms with van der Waals surface area (Å²) in [6.07, 6.45) is 0.817. The maximum absolute atomic E-state index is 12.5. The van der Waals surface area contributed by atoms with E-state index in [1.807, 2.05) is 60.4 Å². The Morgan fingerprint density at radius 2 is 1.72 bits per heavy atom. The zero-order chi connectivity index (χ0) is 17.5. The molecule has 3 rings (SSSR count). The van der Waals surface area contributed by atoms with Crippen LogP contribution in [0.1, 0.15) is 17.5 Å². The fourth-order valence-electron chi connectivity index (χ4n) is 2.46. The Bertz CT molecular complexity index is 805. The minimum absolute atomic E-state index is 0.0985. The monoisotopic (exact) mass is 352 g/mol. The lowest BCUT2D eigenvalue weighted by atomic mass is 10.2. The summed E-state index contributed by atoms with van der Waals surface area (Å²) in [6.45, 7) is 2.93. The molecule has 0 spiro atoms. The first-order valence-corrected chi connectivity index (χ1v) is 9.02. The molecule has 0 fully saturated rings. The SMILES string of the molecule is CCc1nnc(NC(=O)CN(Cc2ccccc2)c2ccccc2)s1. The smallest absolute Gasteiger partial charge is 0.245 e. The van der Waals surface area contributed by atoms with Crippen molar-refractivity contribution in [2.24, 2.45) is 0 Å². The second-order valence-electron chi connectivity index (χ2n) is 5.58. The molecule has 0 aliphatic carbocycles. The molecular formula is C19H20N4OS. The quantitative estimate of drug-likeness (QED) is 0.704. The van der Waals surface area contributed by atoms with Crippen LogP contribution in [0.3, 0.4) is 0 Å². The molecular weight excluding hydrogens is 332 g/mol. The van der Waals surface area contributed by atoms with Gasteiger partial charge >= 0.3 is 0 Å². The first-order valence-electron chi connectivity index (χ1n) is 8.20. The van der Waals surface area contributed by atoms with Crippen molar-refractivity contribution in [1.29, 1.82) is 0 Å². The van der Waals surface area contributed by atoms with Gasteiger partial charge in [0, 0.05) is 12.2 Å². The number of aryl methyl sites for hydroxylation is 1.